The molecule has 6 heterocycles. The minimum atomic E-state index is -0.593. The van der Waals surface area contributed by atoms with Gasteiger partial charge in [0.05, 0.1) is 39.5 Å². The highest BCUT2D eigenvalue weighted by Crippen LogP contribution is 2.58. The second kappa shape index (κ2) is 43.6. The second-order valence-corrected chi connectivity index (χ2v) is 39.5. The lowest BCUT2D eigenvalue weighted by atomic mass is 9.70. The van der Waals surface area contributed by atoms with Crippen LogP contribution in [0, 0.1) is 23.7 Å². The van der Waals surface area contributed by atoms with Gasteiger partial charge in [0.1, 0.15) is 68.4 Å². The van der Waals surface area contributed by atoms with Crippen molar-refractivity contribution in [3.05, 3.63) is 93.0 Å². The fourth-order valence-electron chi connectivity index (χ4n) is 19.7. The molecule has 6 aliphatic heterocycles. The number of fused-ring (bicyclic) bond motifs is 8. The van der Waals surface area contributed by atoms with Gasteiger partial charge in [0.2, 0.25) is 0 Å². The third-order valence-corrected chi connectivity index (χ3v) is 27.0. The van der Waals surface area contributed by atoms with Crippen LogP contribution < -0.4 is 28.4 Å². The molecule has 20 heteroatoms. The SMILES string of the molecule is CCCCCCC(C)(C)c1cc(O)c2c(c1)OC(C)(C)[C@@H]1CCC(=O)OC[C@@H]21.CCCCCCC(C)(C)c1cc(O)c2c(c1)OC(C)(C)[C@@H]1CCOC(=O)C[C@@H]21.CCCCCCC(C)(C)c1cc(OC(C)=O)c2c(c1)OC(C)(C)[C@H](CCO)[C@H]2COC=O.CCCCCCC(C)(C)c1cc(OC(C)=O)c2c(c1)OC(C)(C)[C@H](CCOC=O)[C@H]2CO. The van der Waals surface area contributed by atoms with Crippen molar-refractivity contribution in [2.45, 2.75) is 387 Å². The Hall–Kier alpha value is -7.58. The van der Waals surface area contributed by atoms with Gasteiger partial charge in [-0.2, -0.15) is 0 Å². The van der Waals surface area contributed by atoms with Gasteiger partial charge in [0.15, 0.2) is 0 Å². The Bertz CT molecular complexity index is 4010. The van der Waals surface area contributed by atoms with Crippen molar-refractivity contribution in [2.24, 2.45) is 23.7 Å². The van der Waals surface area contributed by atoms with Gasteiger partial charge in [-0.15, -0.1) is 0 Å². The molecule has 120 heavy (non-hydrogen) atoms. The number of unbranched alkanes of at least 4 members (excludes halogenated alkanes) is 12. The van der Waals surface area contributed by atoms with Crippen molar-refractivity contribution < 1.29 is 96.6 Å². The number of benzene rings is 4. The lowest BCUT2D eigenvalue weighted by Crippen LogP contribution is -2.46. The van der Waals surface area contributed by atoms with E-state index >= 15 is 0 Å². The van der Waals surface area contributed by atoms with Crippen LogP contribution in [0.5, 0.6) is 46.0 Å². The summed E-state index contributed by atoms with van der Waals surface area (Å²) >= 11 is 0. The fraction of sp³-hybridized carbons (Fsp3) is 0.700. The average molecular weight is 1670 g/mol. The van der Waals surface area contributed by atoms with Gasteiger partial charge in [-0.3, -0.25) is 28.8 Å². The van der Waals surface area contributed by atoms with Gasteiger partial charge in [0.25, 0.3) is 12.9 Å². The normalized spacial score (nSPS) is 21.6. The first-order valence-electron chi connectivity index (χ1n) is 45.3. The molecule has 0 saturated carbocycles. The highest BCUT2D eigenvalue weighted by molar-refractivity contribution is 5.74. The van der Waals surface area contributed by atoms with Gasteiger partial charge in [-0.25, -0.2) is 0 Å². The number of carbonyl (C=O) groups excluding carboxylic acids is 6. The Balaban J connectivity index is 0.000000221. The Labute approximate surface area is 719 Å². The molecule has 0 aliphatic carbocycles. The molecule has 0 amide bonds. The van der Waals surface area contributed by atoms with Crippen LogP contribution >= 0.6 is 0 Å². The van der Waals surface area contributed by atoms with E-state index in [1.165, 1.54) is 104 Å². The van der Waals surface area contributed by atoms with Gasteiger partial charge in [-0.05, 0) is 199 Å². The number of phenolic OH excluding ortho intramolecular Hbond substituents is 2. The number of phenols is 2. The number of aliphatic hydroxyl groups excluding tert-OH is 2. The molecule has 0 aromatic heterocycles. The molecule has 0 bridgehead atoms. The topological polar surface area (TPSA) is 276 Å². The summed E-state index contributed by atoms with van der Waals surface area (Å²) in [6.07, 6.45) is 26.7. The molecular weight excluding hydrogens is 1520 g/mol. The molecule has 6 aliphatic rings. The zero-order valence-electron chi connectivity index (χ0n) is 77.3. The molecule has 8 atom stereocenters. The van der Waals surface area contributed by atoms with Crippen LogP contribution in [0.25, 0.3) is 0 Å². The Morgan fingerprint density at radius 1 is 0.458 bits per heavy atom. The fourth-order valence-corrected chi connectivity index (χ4v) is 19.7. The third-order valence-electron chi connectivity index (χ3n) is 27.0. The molecule has 2 fully saturated rings. The van der Waals surface area contributed by atoms with Crippen molar-refractivity contribution in [1.82, 2.24) is 0 Å². The van der Waals surface area contributed by atoms with Gasteiger partial charge in [0, 0.05) is 96.5 Å². The third kappa shape index (κ3) is 25.8. The minimum absolute atomic E-state index is 0.0177. The van der Waals surface area contributed by atoms with E-state index in [1.54, 1.807) is 0 Å². The summed E-state index contributed by atoms with van der Waals surface area (Å²) in [5.41, 5.74) is 5.06. The zero-order valence-corrected chi connectivity index (χ0v) is 77.3. The van der Waals surface area contributed by atoms with Crippen molar-refractivity contribution in [2.75, 3.05) is 39.6 Å². The first kappa shape index (κ1) is 99.5. The summed E-state index contributed by atoms with van der Waals surface area (Å²) in [6, 6.07) is 16.0. The van der Waals surface area contributed by atoms with E-state index in [0.717, 1.165) is 102 Å². The van der Waals surface area contributed by atoms with E-state index < -0.39 is 34.3 Å². The molecule has 2 saturated heterocycles. The van der Waals surface area contributed by atoms with Gasteiger partial charge < -0.3 is 67.8 Å². The standard InChI is InChI=1S/2C26H40O6.2C24H36O4/c1-7-8-9-10-12-25(3,4)19-14-22(31-18(2)29)24-20(16-27)21(11-13-30-17-28)26(5,6)32-23(24)15-19;1-7-8-9-10-12-25(3,4)19-14-22(31-18(2)29)24-20(16-30-17-28)21(11-13-27)26(5,6)32-23(24)15-19;1-6-7-8-9-12-23(2,3)16-13-19(25)22-17-15-27-21(26)11-10-18(17)24(4,5)28-20(22)14-16;1-6-7-8-9-11-23(2,3)16-13-19(25)22-17-15-21(26)27-12-10-18(17)24(4,5)28-20(22)14-16/h2*14-15,17,20-21,27H,7-13,16H2,1-6H3;2*13-14,17-18,25H,6-12,15H2,1-5H3/t2*20-,21-;2*17-,18-/m1111/s1. The molecule has 4 N–H and O–H groups in total. The Morgan fingerprint density at radius 2 is 0.833 bits per heavy atom. The van der Waals surface area contributed by atoms with E-state index in [4.69, 9.17) is 47.4 Å². The Morgan fingerprint density at radius 3 is 1.23 bits per heavy atom. The number of rotatable bonds is 36. The number of aromatic hydroxyl groups is 2. The summed E-state index contributed by atoms with van der Waals surface area (Å²) in [5, 5.41) is 41.9. The highest BCUT2D eigenvalue weighted by atomic mass is 16.6. The smallest absolute Gasteiger partial charge is 0.308 e. The van der Waals surface area contributed by atoms with E-state index in [2.05, 4.69) is 123 Å². The summed E-state index contributed by atoms with van der Waals surface area (Å²) in [7, 11) is 0. The molecule has 0 spiro atoms. The van der Waals surface area contributed by atoms with Crippen LogP contribution in [-0.2, 0) is 69.4 Å². The average Bonchev–Trinajstić information content (AvgIpc) is 0.887. The maximum Gasteiger partial charge on any atom is 0.308 e. The van der Waals surface area contributed by atoms with Crippen molar-refractivity contribution >= 4 is 36.8 Å². The molecule has 20 nitrogen and oxygen atoms in total. The first-order valence-corrected chi connectivity index (χ1v) is 45.3. The number of hydrogen-bond donors (Lipinski definition) is 4. The van der Waals surface area contributed by atoms with Crippen LogP contribution in [-0.4, -0.2) is 119 Å². The second-order valence-electron chi connectivity index (χ2n) is 39.5. The molecule has 4 aromatic rings. The van der Waals surface area contributed by atoms with Crippen molar-refractivity contribution in [3.8, 4) is 46.0 Å². The van der Waals surface area contributed by atoms with Crippen LogP contribution in [0.4, 0.5) is 0 Å². The van der Waals surface area contributed by atoms with Crippen LogP contribution in [0.15, 0.2) is 48.5 Å². The number of ether oxygens (including phenoxy) is 10. The maximum atomic E-state index is 12.1. The molecule has 4 aromatic carbocycles. The largest absolute Gasteiger partial charge is 0.508 e. The number of carbonyl (C=O) groups is 6. The van der Waals surface area contributed by atoms with Gasteiger partial charge in [-0.1, -0.05) is 186 Å². The van der Waals surface area contributed by atoms with E-state index in [-0.39, 0.29) is 119 Å². The predicted molar refractivity (Wildman–Crippen MR) is 470 cm³/mol. The molecule has 10 rings (SSSR count). The number of hydrogen-bond acceptors (Lipinski definition) is 20. The van der Waals surface area contributed by atoms with E-state index in [1.807, 2.05) is 64.1 Å². The molecule has 672 valence electrons. The van der Waals surface area contributed by atoms with E-state index in [9.17, 15) is 49.2 Å². The van der Waals surface area contributed by atoms with Crippen molar-refractivity contribution in [3.63, 3.8) is 0 Å². The first-order chi connectivity index (χ1) is 56.4. The lowest BCUT2D eigenvalue weighted by molar-refractivity contribution is -0.143. The Kier molecular flexibility index (Phi) is 36.2. The zero-order chi connectivity index (χ0) is 88.9. The lowest BCUT2D eigenvalue weighted by Gasteiger charge is -2.45. The van der Waals surface area contributed by atoms with Crippen LogP contribution in [0.2, 0.25) is 0 Å². The number of aliphatic hydroxyl groups is 2. The van der Waals surface area contributed by atoms with Crippen molar-refractivity contribution in [1.29, 1.82) is 0 Å². The summed E-state index contributed by atoms with van der Waals surface area (Å²) in [5.74, 6) is 2.45. The van der Waals surface area contributed by atoms with Gasteiger partial charge >= 0.3 is 23.9 Å². The maximum absolute atomic E-state index is 12.1. The van der Waals surface area contributed by atoms with E-state index in [0.29, 0.717) is 80.4 Å². The van der Waals surface area contributed by atoms with Crippen LogP contribution in [0.3, 0.4) is 0 Å². The predicted octanol–water partition coefficient (Wildman–Crippen LogP) is 22.3. The quantitative estimate of drug-likeness (QED) is 0.0108. The molecule has 0 radical (unpaired) electrons. The minimum Gasteiger partial charge on any atom is -0.508 e. The molecule has 0 unspecified atom stereocenters. The summed E-state index contributed by atoms with van der Waals surface area (Å²) in [4.78, 5) is 69.5. The van der Waals surface area contributed by atoms with Crippen LogP contribution in [0.1, 0.15) is 387 Å². The molecular formula is C100H152O20. The highest BCUT2D eigenvalue weighted by Gasteiger charge is 2.52. The number of esters is 4. The number of cyclic esters (lactones) is 2. The summed E-state index contributed by atoms with van der Waals surface area (Å²) < 4.78 is 57.9. The monoisotopic (exact) mass is 1670 g/mol. The summed E-state index contributed by atoms with van der Waals surface area (Å²) in [6.45, 7) is 47.5.